The van der Waals surface area contributed by atoms with Crippen LogP contribution in [0.4, 0.5) is 0 Å². The minimum atomic E-state index is -0.206. The average Bonchev–Trinajstić information content (AvgIpc) is 2.88. The second-order valence-electron chi connectivity index (χ2n) is 7.93. The van der Waals surface area contributed by atoms with E-state index < -0.39 is 0 Å². The molecule has 2 N–H and O–H groups in total. The number of nitrogens with zero attached hydrogens (tertiary/aromatic N) is 2. The van der Waals surface area contributed by atoms with Gasteiger partial charge in [-0.1, -0.05) is 51.4 Å². The van der Waals surface area contributed by atoms with Crippen LogP contribution in [0.2, 0.25) is 0 Å². The Morgan fingerprint density at radius 3 is 2.30 bits per heavy atom. The van der Waals surface area contributed by atoms with Crippen LogP contribution < -0.4 is 5.73 Å². The third kappa shape index (κ3) is 3.89. The Morgan fingerprint density at radius 2 is 1.65 bits per heavy atom. The lowest BCUT2D eigenvalue weighted by molar-refractivity contribution is -0.129. The molecule has 0 aromatic rings. The number of nitrogens with two attached hydrogens (primary N) is 1. The van der Waals surface area contributed by atoms with Gasteiger partial charge in [0.1, 0.15) is 6.04 Å². The first-order valence-corrected chi connectivity index (χ1v) is 9.83. The van der Waals surface area contributed by atoms with Crippen LogP contribution in [0.3, 0.4) is 0 Å². The van der Waals surface area contributed by atoms with E-state index in [1.807, 2.05) is 4.90 Å². The van der Waals surface area contributed by atoms with Crippen molar-refractivity contribution in [3.05, 3.63) is 0 Å². The Balaban J connectivity index is 1.54. The number of carbonyl (C=O) groups is 1. The van der Waals surface area contributed by atoms with E-state index in [1.54, 1.807) is 0 Å². The van der Waals surface area contributed by atoms with Crippen molar-refractivity contribution < 1.29 is 4.79 Å². The number of hydrogen-bond acceptors (Lipinski definition) is 3. The summed E-state index contributed by atoms with van der Waals surface area (Å²) in [6.07, 6.45) is 15.2. The van der Waals surface area contributed by atoms with E-state index in [0.717, 1.165) is 18.8 Å². The Kier molecular flexibility index (Phi) is 5.60. The molecule has 130 valence electrons. The highest BCUT2D eigenvalue weighted by atomic mass is 16.2. The molecule has 2 atom stereocenters. The molecule has 0 aromatic heterocycles. The number of carbonyl (C=O) groups excluding carboxylic acids is 1. The molecule has 1 unspecified atom stereocenters. The Labute approximate surface area is 140 Å². The average molecular weight is 319 g/mol. The summed E-state index contributed by atoms with van der Waals surface area (Å²) in [4.78, 5) is 19.1. The van der Waals surface area contributed by atoms with Crippen LogP contribution in [0.25, 0.3) is 0 Å². The number of rotatable bonds is 5. The van der Waals surface area contributed by atoms with Crippen LogP contribution in [0.15, 0.2) is 4.99 Å². The van der Waals surface area contributed by atoms with Gasteiger partial charge in [0.2, 0.25) is 0 Å². The second-order valence-corrected chi connectivity index (χ2v) is 7.93. The van der Waals surface area contributed by atoms with Crippen LogP contribution in [0, 0.1) is 11.8 Å². The van der Waals surface area contributed by atoms with Crippen molar-refractivity contribution in [2.45, 2.75) is 96.1 Å². The normalized spacial score (nSPS) is 28.9. The van der Waals surface area contributed by atoms with Crippen LogP contribution in [0.5, 0.6) is 0 Å². The molecule has 3 aliphatic rings. The van der Waals surface area contributed by atoms with Gasteiger partial charge in [-0.2, -0.15) is 0 Å². The van der Waals surface area contributed by atoms with Crippen molar-refractivity contribution in [3.8, 4) is 0 Å². The van der Waals surface area contributed by atoms with Gasteiger partial charge in [-0.05, 0) is 44.4 Å². The zero-order chi connectivity index (χ0) is 16.2. The highest BCUT2D eigenvalue weighted by Crippen LogP contribution is 2.32. The molecular weight excluding hydrogens is 286 g/mol. The van der Waals surface area contributed by atoms with Crippen LogP contribution in [0.1, 0.15) is 84.0 Å². The molecule has 23 heavy (non-hydrogen) atoms. The number of aliphatic imine (C=N–C) groups is 1. The summed E-state index contributed by atoms with van der Waals surface area (Å²) in [5, 5.41) is 0. The molecule has 0 aromatic carbocycles. The third-order valence-corrected chi connectivity index (χ3v) is 6.37. The summed E-state index contributed by atoms with van der Waals surface area (Å²) in [5.41, 5.74) is 6.13. The maximum atomic E-state index is 12.8. The van der Waals surface area contributed by atoms with E-state index in [1.165, 1.54) is 64.2 Å². The SMILES string of the molecule is C[C@H](C1CCCCC1)N1C(=O)C(CCC2CCCCC2)N=C1N. The molecule has 4 heteroatoms. The van der Waals surface area contributed by atoms with Gasteiger partial charge in [0.05, 0.1) is 0 Å². The molecule has 0 spiro atoms. The standard InChI is InChI=1S/C19H33N3O/c1-14(16-10-6-3-7-11-16)22-18(23)17(21-19(22)20)13-12-15-8-4-2-5-9-15/h14-17H,2-13H2,1H3,(H2,20,21)/t14-,17?/m1/s1. The van der Waals surface area contributed by atoms with Crippen molar-refractivity contribution >= 4 is 11.9 Å². The fraction of sp³-hybridized carbons (Fsp3) is 0.895. The second kappa shape index (κ2) is 7.67. The van der Waals surface area contributed by atoms with E-state index >= 15 is 0 Å². The van der Waals surface area contributed by atoms with Crippen molar-refractivity contribution in [1.29, 1.82) is 0 Å². The third-order valence-electron chi connectivity index (χ3n) is 6.37. The van der Waals surface area contributed by atoms with Gasteiger partial charge in [0.15, 0.2) is 5.96 Å². The Hall–Kier alpha value is -1.06. The minimum absolute atomic E-state index is 0.163. The highest BCUT2D eigenvalue weighted by Gasteiger charge is 2.39. The van der Waals surface area contributed by atoms with Gasteiger partial charge in [0.25, 0.3) is 5.91 Å². The van der Waals surface area contributed by atoms with E-state index in [2.05, 4.69) is 11.9 Å². The Bertz CT molecular complexity index is 436. The van der Waals surface area contributed by atoms with Gasteiger partial charge in [-0.25, -0.2) is 4.99 Å². The first-order valence-electron chi connectivity index (χ1n) is 9.83. The maximum Gasteiger partial charge on any atom is 0.254 e. The molecule has 3 rings (SSSR count). The molecule has 2 aliphatic carbocycles. The fourth-order valence-corrected chi connectivity index (χ4v) is 4.84. The van der Waals surface area contributed by atoms with Crippen LogP contribution in [-0.2, 0) is 4.79 Å². The summed E-state index contributed by atoms with van der Waals surface area (Å²) in [7, 11) is 0. The van der Waals surface area contributed by atoms with Gasteiger partial charge in [0, 0.05) is 6.04 Å². The molecule has 1 amide bonds. The highest BCUT2D eigenvalue weighted by molar-refractivity contribution is 6.04. The molecular formula is C19H33N3O. The lowest BCUT2D eigenvalue weighted by Crippen LogP contribution is -2.48. The summed E-state index contributed by atoms with van der Waals surface area (Å²) < 4.78 is 0. The molecule has 0 saturated heterocycles. The van der Waals surface area contributed by atoms with Crippen LogP contribution in [-0.4, -0.2) is 28.9 Å². The summed E-state index contributed by atoms with van der Waals surface area (Å²) in [6.45, 7) is 2.17. The molecule has 1 aliphatic heterocycles. The summed E-state index contributed by atoms with van der Waals surface area (Å²) in [5.74, 6) is 2.04. The first-order chi connectivity index (χ1) is 11.2. The quantitative estimate of drug-likeness (QED) is 0.837. The largest absolute Gasteiger partial charge is 0.369 e. The van der Waals surface area contributed by atoms with E-state index in [-0.39, 0.29) is 18.0 Å². The van der Waals surface area contributed by atoms with Crippen molar-refractivity contribution in [2.75, 3.05) is 0 Å². The van der Waals surface area contributed by atoms with Gasteiger partial charge >= 0.3 is 0 Å². The summed E-state index contributed by atoms with van der Waals surface area (Å²) >= 11 is 0. The van der Waals surface area contributed by atoms with Crippen molar-refractivity contribution in [3.63, 3.8) is 0 Å². The zero-order valence-corrected chi connectivity index (χ0v) is 14.7. The molecule has 2 saturated carbocycles. The minimum Gasteiger partial charge on any atom is -0.369 e. The van der Waals surface area contributed by atoms with Gasteiger partial charge < -0.3 is 5.73 Å². The lowest BCUT2D eigenvalue weighted by Gasteiger charge is -2.34. The predicted molar refractivity (Wildman–Crippen MR) is 94.1 cm³/mol. The van der Waals surface area contributed by atoms with E-state index in [4.69, 9.17) is 5.73 Å². The summed E-state index contributed by atoms with van der Waals surface area (Å²) in [6, 6.07) is 0.00852. The topological polar surface area (TPSA) is 58.7 Å². The van der Waals surface area contributed by atoms with Gasteiger partial charge in [-0.3, -0.25) is 9.69 Å². The fourth-order valence-electron chi connectivity index (χ4n) is 4.84. The monoisotopic (exact) mass is 319 g/mol. The molecule has 0 bridgehead atoms. The van der Waals surface area contributed by atoms with Crippen molar-refractivity contribution in [1.82, 2.24) is 4.90 Å². The maximum absolute atomic E-state index is 12.8. The number of amides is 1. The molecule has 2 fully saturated rings. The van der Waals surface area contributed by atoms with E-state index in [0.29, 0.717) is 11.9 Å². The first kappa shape index (κ1) is 16.8. The smallest absolute Gasteiger partial charge is 0.254 e. The van der Waals surface area contributed by atoms with Crippen molar-refractivity contribution in [2.24, 2.45) is 22.6 Å². The lowest BCUT2D eigenvalue weighted by atomic mass is 9.83. The zero-order valence-electron chi connectivity index (χ0n) is 14.7. The molecule has 1 heterocycles. The number of hydrogen-bond donors (Lipinski definition) is 1. The Morgan fingerprint density at radius 1 is 1.04 bits per heavy atom. The van der Waals surface area contributed by atoms with E-state index in [9.17, 15) is 4.79 Å². The number of guanidine groups is 1. The molecule has 0 radical (unpaired) electrons. The molecule has 4 nitrogen and oxygen atoms in total. The van der Waals surface area contributed by atoms with Crippen LogP contribution >= 0.6 is 0 Å². The van der Waals surface area contributed by atoms with Gasteiger partial charge in [-0.15, -0.1) is 0 Å². The predicted octanol–water partition coefficient (Wildman–Crippen LogP) is 3.84.